The second-order valence-corrected chi connectivity index (χ2v) is 8.19. The summed E-state index contributed by atoms with van der Waals surface area (Å²) in [6.45, 7) is 2.72. The molecule has 4 rings (SSSR count). The Morgan fingerprint density at radius 3 is 2.73 bits per heavy atom. The predicted molar refractivity (Wildman–Crippen MR) is 120 cm³/mol. The summed E-state index contributed by atoms with van der Waals surface area (Å²) in [5, 5.41) is 10.5. The van der Waals surface area contributed by atoms with Crippen molar-refractivity contribution in [1.82, 2.24) is 4.90 Å². The highest BCUT2D eigenvalue weighted by atomic mass is 32.1. The SMILES string of the molecule is COc1ccc(C=Nc2sc3c(c2C#N)CCN(Cc2ccccc2)C3)c(OC)c1. The van der Waals surface area contributed by atoms with Crippen LogP contribution in [0.15, 0.2) is 53.5 Å². The number of hydrogen-bond donors (Lipinski definition) is 0. The molecule has 0 atom stereocenters. The Labute approximate surface area is 180 Å². The average molecular weight is 418 g/mol. The van der Waals surface area contributed by atoms with E-state index in [4.69, 9.17) is 9.47 Å². The van der Waals surface area contributed by atoms with Gasteiger partial charge in [-0.2, -0.15) is 5.26 Å². The first-order chi connectivity index (χ1) is 14.7. The second kappa shape index (κ2) is 9.12. The molecular formula is C24H23N3O2S. The van der Waals surface area contributed by atoms with Crippen molar-refractivity contribution >= 4 is 22.6 Å². The third kappa shape index (κ3) is 4.23. The molecule has 0 N–H and O–H groups in total. The fourth-order valence-corrected chi connectivity index (χ4v) is 4.86. The zero-order chi connectivity index (χ0) is 20.9. The summed E-state index contributed by atoms with van der Waals surface area (Å²) in [6.07, 6.45) is 2.64. The molecule has 0 unspecified atom stereocenters. The van der Waals surface area contributed by atoms with Crippen molar-refractivity contribution in [3.8, 4) is 17.6 Å². The topological polar surface area (TPSA) is 57.8 Å². The molecule has 0 saturated carbocycles. The molecule has 1 aliphatic rings. The van der Waals surface area contributed by atoms with Crippen LogP contribution in [0.3, 0.4) is 0 Å². The van der Waals surface area contributed by atoms with Crippen molar-refractivity contribution in [3.63, 3.8) is 0 Å². The molecule has 0 saturated heterocycles. The number of hydrogen-bond acceptors (Lipinski definition) is 6. The molecule has 5 nitrogen and oxygen atoms in total. The number of nitriles is 1. The quantitative estimate of drug-likeness (QED) is 0.533. The standard InChI is InChI=1S/C24H23N3O2S/c1-28-19-9-8-18(22(12-19)29-2)14-26-24-21(13-25)20-10-11-27(16-23(20)30-24)15-17-6-4-3-5-7-17/h3-9,12,14H,10-11,15-16H2,1-2H3. The van der Waals surface area contributed by atoms with Gasteiger partial charge in [-0.1, -0.05) is 30.3 Å². The molecule has 30 heavy (non-hydrogen) atoms. The largest absolute Gasteiger partial charge is 0.497 e. The molecule has 6 heteroatoms. The van der Waals surface area contributed by atoms with Gasteiger partial charge in [0.15, 0.2) is 0 Å². The van der Waals surface area contributed by atoms with E-state index in [1.807, 2.05) is 24.3 Å². The Morgan fingerprint density at radius 2 is 2.00 bits per heavy atom. The molecule has 0 spiro atoms. The minimum absolute atomic E-state index is 0.687. The molecular weight excluding hydrogens is 394 g/mol. The van der Waals surface area contributed by atoms with Crippen molar-refractivity contribution in [3.05, 3.63) is 75.7 Å². The lowest BCUT2D eigenvalue weighted by molar-refractivity contribution is 0.249. The number of methoxy groups -OCH3 is 2. The minimum Gasteiger partial charge on any atom is -0.497 e. The van der Waals surface area contributed by atoms with Gasteiger partial charge in [-0.25, -0.2) is 4.99 Å². The van der Waals surface area contributed by atoms with Gasteiger partial charge in [-0.05, 0) is 29.7 Å². The van der Waals surface area contributed by atoms with E-state index in [1.165, 1.54) is 10.4 Å². The summed E-state index contributed by atoms with van der Waals surface area (Å²) in [5.41, 5.74) is 4.01. The minimum atomic E-state index is 0.687. The van der Waals surface area contributed by atoms with E-state index >= 15 is 0 Å². The van der Waals surface area contributed by atoms with Crippen molar-refractivity contribution in [2.75, 3.05) is 20.8 Å². The van der Waals surface area contributed by atoms with Gasteiger partial charge in [-0.15, -0.1) is 11.3 Å². The lowest BCUT2D eigenvalue weighted by Crippen LogP contribution is -2.29. The van der Waals surface area contributed by atoms with Gasteiger partial charge >= 0.3 is 0 Å². The van der Waals surface area contributed by atoms with Crippen LogP contribution in [0.1, 0.15) is 27.1 Å². The molecule has 1 aromatic heterocycles. The summed E-state index contributed by atoms with van der Waals surface area (Å²) in [4.78, 5) is 8.32. The van der Waals surface area contributed by atoms with Crippen LogP contribution in [-0.2, 0) is 19.5 Å². The van der Waals surface area contributed by atoms with E-state index in [1.54, 1.807) is 31.8 Å². The molecule has 3 aromatic rings. The summed E-state index contributed by atoms with van der Waals surface area (Å²) in [5.74, 6) is 1.42. The Bertz CT molecular complexity index is 1100. The van der Waals surface area contributed by atoms with Gasteiger partial charge in [0, 0.05) is 42.4 Å². The molecule has 152 valence electrons. The second-order valence-electron chi connectivity index (χ2n) is 7.11. The monoisotopic (exact) mass is 417 g/mol. The maximum atomic E-state index is 9.76. The Morgan fingerprint density at radius 1 is 1.17 bits per heavy atom. The Balaban J connectivity index is 1.56. The van der Waals surface area contributed by atoms with Gasteiger partial charge < -0.3 is 9.47 Å². The first kappa shape index (κ1) is 20.1. The number of fused-ring (bicyclic) bond motifs is 1. The fourth-order valence-electron chi connectivity index (χ4n) is 3.68. The summed E-state index contributed by atoms with van der Waals surface area (Å²) >= 11 is 1.61. The lowest BCUT2D eigenvalue weighted by Gasteiger charge is -2.26. The number of rotatable bonds is 6. The normalized spacial score (nSPS) is 13.8. The number of aliphatic imine (C=N–C) groups is 1. The van der Waals surface area contributed by atoms with Crippen LogP contribution in [-0.4, -0.2) is 31.9 Å². The van der Waals surface area contributed by atoms with E-state index in [0.717, 1.165) is 47.9 Å². The predicted octanol–water partition coefficient (Wildman–Crippen LogP) is 4.95. The van der Waals surface area contributed by atoms with Crippen LogP contribution in [0.5, 0.6) is 11.5 Å². The molecule has 2 heterocycles. The van der Waals surface area contributed by atoms with Crippen LogP contribution < -0.4 is 9.47 Å². The van der Waals surface area contributed by atoms with Gasteiger partial charge in [0.25, 0.3) is 0 Å². The number of benzene rings is 2. The first-order valence-corrected chi connectivity index (χ1v) is 10.6. The third-order valence-electron chi connectivity index (χ3n) is 5.24. The number of nitrogens with zero attached hydrogens (tertiary/aromatic N) is 3. The van der Waals surface area contributed by atoms with Crippen LogP contribution in [0.25, 0.3) is 0 Å². The van der Waals surface area contributed by atoms with Crippen LogP contribution in [0.4, 0.5) is 5.00 Å². The maximum absolute atomic E-state index is 9.76. The molecule has 0 bridgehead atoms. The summed E-state index contributed by atoms with van der Waals surface area (Å²) < 4.78 is 10.7. The fraction of sp³-hybridized carbons (Fsp3) is 0.250. The van der Waals surface area contributed by atoms with Crippen molar-refractivity contribution in [1.29, 1.82) is 5.26 Å². The average Bonchev–Trinajstić information content (AvgIpc) is 3.14. The van der Waals surface area contributed by atoms with Crippen molar-refractivity contribution in [2.45, 2.75) is 19.5 Å². The van der Waals surface area contributed by atoms with Gasteiger partial charge in [-0.3, -0.25) is 4.90 Å². The van der Waals surface area contributed by atoms with E-state index in [-0.39, 0.29) is 0 Å². The lowest BCUT2D eigenvalue weighted by atomic mass is 10.0. The molecule has 0 fully saturated rings. The van der Waals surface area contributed by atoms with Crippen LogP contribution in [0.2, 0.25) is 0 Å². The van der Waals surface area contributed by atoms with Gasteiger partial charge in [0.2, 0.25) is 0 Å². The van der Waals surface area contributed by atoms with Gasteiger partial charge in [0.05, 0.1) is 19.8 Å². The highest BCUT2D eigenvalue weighted by Crippen LogP contribution is 2.39. The van der Waals surface area contributed by atoms with E-state index in [0.29, 0.717) is 11.3 Å². The van der Waals surface area contributed by atoms with E-state index < -0.39 is 0 Å². The molecule has 2 aromatic carbocycles. The maximum Gasteiger partial charge on any atom is 0.134 e. The van der Waals surface area contributed by atoms with E-state index in [2.05, 4.69) is 40.2 Å². The Hall–Kier alpha value is -3.14. The third-order valence-corrected chi connectivity index (χ3v) is 6.36. The summed E-state index contributed by atoms with van der Waals surface area (Å²) in [7, 11) is 3.25. The highest BCUT2D eigenvalue weighted by molar-refractivity contribution is 7.16. The molecule has 0 amide bonds. The van der Waals surface area contributed by atoms with E-state index in [9.17, 15) is 5.26 Å². The molecule has 0 aliphatic carbocycles. The molecule has 1 aliphatic heterocycles. The van der Waals surface area contributed by atoms with Crippen LogP contribution in [0, 0.1) is 11.3 Å². The zero-order valence-corrected chi connectivity index (χ0v) is 17.9. The zero-order valence-electron chi connectivity index (χ0n) is 17.1. The first-order valence-electron chi connectivity index (χ1n) is 9.79. The highest BCUT2D eigenvalue weighted by Gasteiger charge is 2.24. The smallest absolute Gasteiger partial charge is 0.134 e. The summed E-state index contributed by atoms with van der Waals surface area (Å²) in [6, 6.07) is 18.5. The number of thiophene rings is 1. The molecule has 0 radical (unpaired) electrons. The number of ether oxygens (including phenoxy) is 2. The van der Waals surface area contributed by atoms with Crippen molar-refractivity contribution < 1.29 is 9.47 Å². The Kier molecular flexibility index (Phi) is 6.12. The van der Waals surface area contributed by atoms with Crippen LogP contribution >= 0.6 is 11.3 Å². The van der Waals surface area contributed by atoms with Gasteiger partial charge in [0.1, 0.15) is 22.6 Å². The van der Waals surface area contributed by atoms with Crippen molar-refractivity contribution in [2.24, 2.45) is 4.99 Å².